The number of hydrogen-bond donors (Lipinski definition) is 1. The smallest absolute Gasteiger partial charge is 0.354 e. The largest absolute Gasteiger partial charge is 0.486 e. The number of carbonyl (C=O) groups excluding carboxylic acids is 3. The molecule has 0 aromatic heterocycles. The number of hydrogen-bond acceptors (Lipinski definition) is 8. The third kappa shape index (κ3) is 4.73. The summed E-state index contributed by atoms with van der Waals surface area (Å²) in [5.41, 5.74) is 1.31. The van der Waals surface area contributed by atoms with Gasteiger partial charge in [-0.3, -0.25) is 4.79 Å². The number of nitrogens with one attached hydrogen (secondary N) is 1. The predicted octanol–water partition coefficient (Wildman–Crippen LogP) is 2.33. The average molecular weight is 397 g/mol. The fraction of sp³-hybridized carbons (Fsp3) is 0.190. The lowest BCUT2D eigenvalue weighted by Crippen LogP contribution is -2.16. The van der Waals surface area contributed by atoms with Crippen LogP contribution in [0.5, 0.6) is 11.5 Å². The topological polar surface area (TPSA) is 100 Å². The van der Waals surface area contributed by atoms with Crippen LogP contribution in [0.2, 0.25) is 0 Å². The van der Waals surface area contributed by atoms with Crippen LogP contribution in [0.25, 0.3) is 0 Å². The maximum Gasteiger partial charge on any atom is 0.354 e. The van der Waals surface area contributed by atoms with E-state index in [1.165, 1.54) is 14.2 Å². The van der Waals surface area contributed by atoms with Crippen LogP contribution >= 0.6 is 0 Å². The van der Waals surface area contributed by atoms with E-state index in [0.717, 1.165) is 6.08 Å². The zero-order valence-corrected chi connectivity index (χ0v) is 15.9. The van der Waals surface area contributed by atoms with Gasteiger partial charge in [-0.15, -0.1) is 0 Å². The van der Waals surface area contributed by atoms with Crippen molar-refractivity contribution in [1.82, 2.24) is 0 Å². The summed E-state index contributed by atoms with van der Waals surface area (Å²) in [6, 6.07) is 11.5. The Labute approximate surface area is 167 Å². The first-order chi connectivity index (χ1) is 14.0. The summed E-state index contributed by atoms with van der Waals surface area (Å²) in [5, 5.41) is 2.78. The Bertz CT molecular complexity index is 963. The van der Waals surface area contributed by atoms with E-state index in [9.17, 15) is 14.4 Å². The second-order valence-electron chi connectivity index (χ2n) is 5.96. The zero-order chi connectivity index (χ0) is 20.8. The Kier molecular flexibility index (Phi) is 6.13. The third-order valence-electron chi connectivity index (χ3n) is 4.10. The maximum absolute atomic E-state index is 12.7. The summed E-state index contributed by atoms with van der Waals surface area (Å²) in [6.45, 7) is 0.916. The minimum Gasteiger partial charge on any atom is -0.486 e. The van der Waals surface area contributed by atoms with Crippen molar-refractivity contribution in [3.8, 4) is 11.5 Å². The molecule has 0 unspecified atom stereocenters. The first-order valence-electron chi connectivity index (χ1n) is 8.71. The second-order valence-corrected chi connectivity index (χ2v) is 5.96. The highest BCUT2D eigenvalue weighted by Gasteiger charge is 2.17. The quantitative estimate of drug-likeness (QED) is 0.450. The van der Waals surface area contributed by atoms with Gasteiger partial charge >= 0.3 is 11.9 Å². The van der Waals surface area contributed by atoms with Crippen molar-refractivity contribution >= 4 is 23.4 Å². The number of esters is 2. The molecule has 2 aromatic rings. The maximum atomic E-state index is 12.7. The van der Waals surface area contributed by atoms with Crippen LogP contribution in [0.3, 0.4) is 0 Å². The third-order valence-corrected chi connectivity index (χ3v) is 4.10. The van der Waals surface area contributed by atoms with Crippen LogP contribution in [0.4, 0.5) is 5.69 Å². The van der Waals surface area contributed by atoms with Crippen LogP contribution in [0.1, 0.15) is 15.9 Å². The van der Waals surface area contributed by atoms with Gasteiger partial charge in [0.05, 0.1) is 20.3 Å². The number of benzene rings is 2. The van der Waals surface area contributed by atoms with Gasteiger partial charge in [0.15, 0.2) is 17.3 Å². The van der Waals surface area contributed by atoms with Crippen LogP contribution < -0.4 is 14.8 Å². The van der Waals surface area contributed by atoms with Crippen LogP contribution in [-0.4, -0.2) is 45.2 Å². The Morgan fingerprint density at radius 1 is 0.897 bits per heavy atom. The van der Waals surface area contributed by atoms with Gasteiger partial charge < -0.3 is 24.3 Å². The summed E-state index contributed by atoms with van der Waals surface area (Å²) >= 11 is 0. The number of ketones is 1. The van der Waals surface area contributed by atoms with E-state index >= 15 is 0 Å². The Hall–Kier alpha value is -3.81. The van der Waals surface area contributed by atoms with Crippen LogP contribution in [0.15, 0.2) is 54.2 Å². The molecule has 0 radical (unpaired) electrons. The summed E-state index contributed by atoms with van der Waals surface area (Å²) in [7, 11) is 2.40. The van der Waals surface area contributed by atoms with Crippen molar-refractivity contribution in [2.24, 2.45) is 0 Å². The van der Waals surface area contributed by atoms with E-state index in [2.05, 4.69) is 14.8 Å². The van der Waals surface area contributed by atoms with Crippen molar-refractivity contribution in [3.63, 3.8) is 0 Å². The highest BCUT2D eigenvalue weighted by Crippen LogP contribution is 2.31. The molecule has 0 bridgehead atoms. The molecule has 0 aliphatic carbocycles. The molecular formula is C21H19NO7. The van der Waals surface area contributed by atoms with Gasteiger partial charge in [-0.1, -0.05) is 0 Å². The van der Waals surface area contributed by atoms with E-state index in [1.54, 1.807) is 42.5 Å². The Morgan fingerprint density at radius 2 is 1.55 bits per heavy atom. The summed E-state index contributed by atoms with van der Waals surface area (Å²) in [5.74, 6) is -0.474. The van der Waals surface area contributed by atoms with Gasteiger partial charge in [0.2, 0.25) is 0 Å². The minimum atomic E-state index is -0.730. The van der Waals surface area contributed by atoms with Crippen molar-refractivity contribution < 1.29 is 33.3 Å². The molecule has 0 atom stereocenters. The summed E-state index contributed by atoms with van der Waals surface area (Å²) < 4.78 is 20.1. The van der Waals surface area contributed by atoms with E-state index in [1.807, 2.05) is 0 Å². The monoisotopic (exact) mass is 397 g/mol. The van der Waals surface area contributed by atoms with Crippen LogP contribution in [0, 0.1) is 0 Å². The lowest BCUT2D eigenvalue weighted by molar-refractivity contribution is -0.138. The molecule has 0 fully saturated rings. The highest BCUT2D eigenvalue weighted by atomic mass is 16.6. The second kappa shape index (κ2) is 8.92. The molecule has 1 aliphatic rings. The van der Waals surface area contributed by atoms with Crippen molar-refractivity contribution in [2.45, 2.75) is 0 Å². The fourth-order valence-corrected chi connectivity index (χ4v) is 2.64. The summed E-state index contributed by atoms with van der Waals surface area (Å²) in [6.07, 6.45) is 0.986. The Balaban J connectivity index is 1.77. The van der Waals surface area contributed by atoms with Crippen molar-refractivity contribution in [3.05, 3.63) is 65.4 Å². The van der Waals surface area contributed by atoms with E-state index in [-0.39, 0.29) is 11.5 Å². The SMILES string of the molecule is COC(=O)/C=C(/Nc1ccc(C(=O)c2ccc3c(c2)OCCO3)cc1)C(=O)OC. The molecule has 1 N–H and O–H groups in total. The molecule has 1 heterocycles. The number of fused-ring (bicyclic) bond motifs is 1. The molecule has 8 nitrogen and oxygen atoms in total. The number of ether oxygens (including phenoxy) is 4. The first kappa shape index (κ1) is 19.9. The average Bonchev–Trinajstić information content (AvgIpc) is 2.77. The minimum absolute atomic E-state index is 0.0923. The fourth-order valence-electron chi connectivity index (χ4n) is 2.64. The molecule has 2 aromatic carbocycles. The van der Waals surface area contributed by atoms with Gasteiger partial charge in [0, 0.05) is 16.8 Å². The first-order valence-corrected chi connectivity index (χ1v) is 8.71. The molecule has 8 heteroatoms. The number of anilines is 1. The molecular weight excluding hydrogens is 378 g/mol. The predicted molar refractivity (Wildman–Crippen MR) is 103 cm³/mol. The highest BCUT2D eigenvalue weighted by molar-refractivity contribution is 6.09. The van der Waals surface area contributed by atoms with E-state index < -0.39 is 11.9 Å². The lowest BCUT2D eigenvalue weighted by atomic mass is 10.0. The van der Waals surface area contributed by atoms with Gasteiger partial charge in [0.25, 0.3) is 0 Å². The van der Waals surface area contributed by atoms with Crippen LogP contribution in [-0.2, 0) is 19.1 Å². The van der Waals surface area contributed by atoms with Gasteiger partial charge in [0.1, 0.15) is 18.9 Å². The van der Waals surface area contributed by atoms with Crippen molar-refractivity contribution in [1.29, 1.82) is 0 Å². The molecule has 0 saturated carbocycles. The summed E-state index contributed by atoms with van der Waals surface area (Å²) in [4.78, 5) is 36.0. The molecule has 0 saturated heterocycles. The number of methoxy groups -OCH3 is 2. The zero-order valence-electron chi connectivity index (χ0n) is 15.9. The van der Waals surface area contributed by atoms with E-state index in [0.29, 0.717) is 41.5 Å². The molecule has 150 valence electrons. The van der Waals surface area contributed by atoms with E-state index in [4.69, 9.17) is 9.47 Å². The standard InChI is InChI=1S/C21H19NO7/c1-26-19(23)12-16(21(25)27-2)22-15-6-3-13(4-7-15)20(24)14-5-8-17-18(11-14)29-10-9-28-17/h3-8,11-12,22H,9-10H2,1-2H3/b16-12+. The normalized spacial score (nSPS) is 12.7. The van der Waals surface area contributed by atoms with Crippen molar-refractivity contribution in [2.75, 3.05) is 32.8 Å². The number of carbonyl (C=O) groups is 3. The lowest BCUT2D eigenvalue weighted by Gasteiger charge is -2.18. The molecule has 0 amide bonds. The van der Waals surface area contributed by atoms with Gasteiger partial charge in [-0.05, 0) is 42.5 Å². The van der Waals surface area contributed by atoms with Gasteiger partial charge in [-0.2, -0.15) is 0 Å². The molecule has 3 rings (SSSR count). The Morgan fingerprint density at radius 3 is 2.21 bits per heavy atom. The van der Waals surface area contributed by atoms with Gasteiger partial charge in [-0.25, -0.2) is 9.59 Å². The molecule has 0 spiro atoms. The number of rotatable bonds is 6. The molecule has 29 heavy (non-hydrogen) atoms. The molecule has 1 aliphatic heterocycles.